The van der Waals surface area contributed by atoms with Gasteiger partial charge in [0.05, 0.1) is 0 Å². The summed E-state index contributed by atoms with van der Waals surface area (Å²) in [6.45, 7) is 0.587. The first-order valence-electron chi connectivity index (χ1n) is 7.67. The number of hydrogen-bond acceptors (Lipinski definition) is 5. The summed E-state index contributed by atoms with van der Waals surface area (Å²) in [4.78, 5) is 12.1. The van der Waals surface area contributed by atoms with Crippen molar-refractivity contribution >= 4 is 29.0 Å². The molecule has 1 aromatic carbocycles. The molecule has 0 spiro atoms. The lowest BCUT2D eigenvalue weighted by atomic mass is 9.68. The van der Waals surface area contributed by atoms with Gasteiger partial charge in [0.1, 0.15) is 0 Å². The summed E-state index contributed by atoms with van der Waals surface area (Å²) in [7, 11) is 0. The molecule has 5 nitrogen and oxygen atoms in total. The van der Waals surface area contributed by atoms with Crippen molar-refractivity contribution in [2.45, 2.75) is 37.1 Å². The fourth-order valence-electron chi connectivity index (χ4n) is 3.27. The fourth-order valence-corrected chi connectivity index (χ4v) is 3.89. The van der Waals surface area contributed by atoms with Crippen LogP contribution in [0.3, 0.4) is 0 Å². The predicted molar refractivity (Wildman–Crippen MR) is 91.8 cm³/mol. The third-order valence-electron chi connectivity index (χ3n) is 4.70. The molecule has 3 rings (SSSR count). The highest BCUT2D eigenvalue weighted by atomic mass is 35.5. The smallest absolute Gasteiger partial charge is 0.272 e. The highest BCUT2D eigenvalue weighted by Gasteiger charge is 2.36. The van der Waals surface area contributed by atoms with E-state index in [9.17, 15) is 4.79 Å². The highest BCUT2D eigenvalue weighted by Crippen LogP contribution is 2.39. The van der Waals surface area contributed by atoms with Crippen molar-refractivity contribution in [3.8, 4) is 0 Å². The summed E-state index contributed by atoms with van der Waals surface area (Å²) >= 11 is 7.31. The zero-order chi connectivity index (χ0) is 16.3. The minimum Gasteiger partial charge on any atom is -0.348 e. The van der Waals surface area contributed by atoms with Gasteiger partial charge in [0, 0.05) is 28.4 Å². The Kier molecular flexibility index (Phi) is 4.94. The van der Waals surface area contributed by atoms with Gasteiger partial charge in [-0.1, -0.05) is 28.2 Å². The molecule has 1 aromatic heterocycles. The van der Waals surface area contributed by atoms with Crippen molar-refractivity contribution in [1.82, 2.24) is 14.9 Å². The largest absolute Gasteiger partial charge is 0.348 e. The van der Waals surface area contributed by atoms with Crippen LogP contribution in [-0.2, 0) is 5.41 Å². The molecular formula is C16H19ClN4OS. The summed E-state index contributed by atoms with van der Waals surface area (Å²) < 4.78 is 3.72. The number of hydrogen-bond donors (Lipinski definition) is 2. The van der Waals surface area contributed by atoms with E-state index in [2.05, 4.69) is 21.0 Å². The van der Waals surface area contributed by atoms with E-state index >= 15 is 0 Å². The number of carbonyl (C=O) groups excluding carboxylic acids is 1. The minimum atomic E-state index is -0.147. The standard InChI is InChI=1S/C16H19ClN4OS/c17-12-3-1-2-11(8-12)16(10-18)6-4-13(5-7-16)19-15(22)14-9-23-21-20-14/h1-3,8-9,13H,4-7,10,18H2,(H,19,22)/t13-,16-. The van der Waals surface area contributed by atoms with Gasteiger partial charge in [0.25, 0.3) is 5.91 Å². The predicted octanol–water partition coefficient (Wildman–Crippen LogP) is 2.76. The maximum absolute atomic E-state index is 12.1. The van der Waals surface area contributed by atoms with E-state index < -0.39 is 0 Å². The number of carbonyl (C=O) groups is 1. The van der Waals surface area contributed by atoms with E-state index in [1.165, 1.54) is 17.1 Å². The highest BCUT2D eigenvalue weighted by molar-refractivity contribution is 7.03. The average molecular weight is 351 g/mol. The fraction of sp³-hybridized carbons (Fsp3) is 0.438. The summed E-state index contributed by atoms with van der Waals surface area (Å²) in [6.07, 6.45) is 3.66. The van der Waals surface area contributed by atoms with Crippen LogP contribution in [0.1, 0.15) is 41.7 Å². The summed E-state index contributed by atoms with van der Waals surface area (Å²) in [5.41, 5.74) is 7.63. The molecule has 0 unspecified atom stereocenters. The van der Waals surface area contributed by atoms with Crippen LogP contribution >= 0.6 is 23.1 Å². The lowest BCUT2D eigenvalue weighted by Crippen LogP contribution is -2.45. The minimum absolute atomic E-state index is 0.0473. The molecule has 3 N–H and O–H groups in total. The maximum Gasteiger partial charge on any atom is 0.272 e. The van der Waals surface area contributed by atoms with Crippen molar-refractivity contribution < 1.29 is 4.79 Å². The average Bonchev–Trinajstić information content (AvgIpc) is 3.10. The molecule has 0 aliphatic heterocycles. The van der Waals surface area contributed by atoms with Crippen LogP contribution in [0.15, 0.2) is 29.6 Å². The Bertz CT molecular complexity index is 668. The van der Waals surface area contributed by atoms with Crippen LogP contribution in [0.2, 0.25) is 5.02 Å². The lowest BCUT2D eigenvalue weighted by molar-refractivity contribution is 0.0913. The number of nitrogens with two attached hydrogens (primary N) is 1. The van der Waals surface area contributed by atoms with Crippen LogP contribution in [-0.4, -0.2) is 28.1 Å². The molecule has 0 atom stereocenters. The monoisotopic (exact) mass is 350 g/mol. The Hall–Kier alpha value is -1.50. The Balaban J connectivity index is 1.65. The number of aromatic nitrogens is 2. The Morgan fingerprint density at radius 1 is 1.43 bits per heavy atom. The van der Waals surface area contributed by atoms with Crippen LogP contribution in [0.5, 0.6) is 0 Å². The molecule has 0 radical (unpaired) electrons. The molecule has 23 heavy (non-hydrogen) atoms. The maximum atomic E-state index is 12.1. The van der Waals surface area contributed by atoms with Gasteiger partial charge in [-0.05, 0) is 54.9 Å². The van der Waals surface area contributed by atoms with Crippen molar-refractivity contribution in [3.05, 3.63) is 45.9 Å². The van der Waals surface area contributed by atoms with Crippen molar-refractivity contribution in [2.24, 2.45) is 5.73 Å². The third kappa shape index (κ3) is 3.54. The first-order chi connectivity index (χ1) is 11.1. The van der Waals surface area contributed by atoms with Gasteiger partial charge in [-0.15, -0.1) is 5.10 Å². The van der Waals surface area contributed by atoms with Crippen molar-refractivity contribution in [3.63, 3.8) is 0 Å². The van der Waals surface area contributed by atoms with Crippen LogP contribution < -0.4 is 11.1 Å². The molecule has 0 saturated heterocycles. The molecule has 1 fully saturated rings. The number of rotatable bonds is 4. The topological polar surface area (TPSA) is 80.9 Å². The van der Waals surface area contributed by atoms with Crippen LogP contribution in [0, 0.1) is 0 Å². The first-order valence-corrected chi connectivity index (χ1v) is 8.88. The molecule has 0 bridgehead atoms. The number of nitrogens with one attached hydrogen (secondary N) is 1. The van der Waals surface area contributed by atoms with E-state index in [0.29, 0.717) is 12.2 Å². The first kappa shape index (κ1) is 16.4. The van der Waals surface area contributed by atoms with Gasteiger partial charge in [-0.25, -0.2) is 0 Å². The summed E-state index contributed by atoms with van der Waals surface area (Å²) in [5.74, 6) is -0.147. The van der Waals surface area contributed by atoms with Gasteiger partial charge in [0.15, 0.2) is 5.69 Å². The summed E-state index contributed by atoms with van der Waals surface area (Å²) in [6, 6.07) is 8.11. The molecule has 7 heteroatoms. The second-order valence-electron chi connectivity index (χ2n) is 6.03. The Morgan fingerprint density at radius 2 is 2.22 bits per heavy atom. The van der Waals surface area contributed by atoms with Gasteiger partial charge < -0.3 is 11.1 Å². The van der Waals surface area contributed by atoms with Crippen molar-refractivity contribution in [1.29, 1.82) is 0 Å². The Labute approximate surface area is 144 Å². The Morgan fingerprint density at radius 3 is 2.83 bits per heavy atom. The lowest BCUT2D eigenvalue weighted by Gasteiger charge is -2.40. The molecule has 1 saturated carbocycles. The van der Waals surface area contributed by atoms with Gasteiger partial charge >= 0.3 is 0 Å². The van der Waals surface area contributed by atoms with E-state index in [-0.39, 0.29) is 17.4 Å². The zero-order valence-electron chi connectivity index (χ0n) is 12.7. The molecule has 1 aliphatic carbocycles. The second-order valence-corrected chi connectivity index (χ2v) is 7.08. The molecular weight excluding hydrogens is 332 g/mol. The van der Waals surface area contributed by atoms with E-state index in [0.717, 1.165) is 30.7 Å². The summed E-state index contributed by atoms with van der Waals surface area (Å²) in [5, 5.41) is 9.25. The van der Waals surface area contributed by atoms with Gasteiger partial charge in [0.2, 0.25) is 0 Å². The molecule has 1 heterocycles. The van der Waals surface area contributed by atoms with E-state index in [1.54, 1.807) is 5.38 Å². The van der Waals surface area contributed by atoms with Gasteiger partial charge in [-0.3, -0.25) is 4.79 Å². The van der Waals surface area contributed by atoms with Gasteiger partial charge in [-0.2, -0.15) is 0 Å². The van der Waals surface area contributed by atoms with E-state index in [1.807, 2.05) is 18.2 Å². The normalized spacial score (nSPS) is 24.3. The van der Waals surface area contributed by atoms with E-state index in [4.69, 9.17) is 17.3 Å². The number of benzene rings is 1. The third-order valence-corrected chi connectivity index (χ3v) is 5.44. The van der Waals surface area contributed by atoms with Crippen LogP contribution in [0.25, 0.3) is 0 Å². The quantitative estimate of drug-likeness (QED) is 0.888. The van der Waals surface area contributed by atoms with Crippen LogP contribution in [0.4, 0.5) is 0 Å². The number of halogens is 1. The SMILES string of the molecule is NC[C@]1(c2cccc(Cl)c2)CC[C@H](NC(=O)c2csnn2)CC1. The number of amides is 1. The molecule has 1 amide bonds. The number of nitrogens with zero attached hydrogens (tertiary/aromatic N) is 2. The second kappa shape index (κ2) is 6.95. The molecule has 122 valence electrons. The molecule has 2 aromatic rings. The molecule has 1 aliphatic rings. The van der Waals surface area contributed by atoms with Crippen molar-refractivity contribution in [2.75, 3.05) is 6.54 Å². The zero-order valence-corrected chi connectivity index (χ0v) is 14.2.